The molecule has 0 aliphatic carbocycles. The third-order valence-corrected chi connectivity index (χ3v) is 3.26. The first-order valence-electron chi connectivity index (χ1n) is 5.89. The molecule has 1 atom stereocenters. The molecule has 0 radical (unpaired) electrons. The van der Waals surface area contributed by atoms with E-state index in [4.69, 9.17) is 0 Å². The average Bonchev–Trinajstić information content (AvgIpc) is 2.41. The molecule has 1 heterocycles. The number of alkyl halides is 1. The van der Waals surface area contributed by atoms with Crippen LogP contribution in [0.4, 0.5) is 4.39 Å². The van der Waals surface area contributed by atoms with Gasteiger partial charge in [0.15, 0.2) is 11.5 Å². The topological polar surface area (TPSA) is 76.0 Å². The van der Waals surface area contributed by atoms with Gasteiger partial charge >= 0.3 is 0 Å². The molecular weight excluding hydrogens is 310 g/mol. The van der Waals surface area contributed by atoms with Crippen LogP contribution >= 0.6 is 24.8 Å². The van der Waals surface area contributed by atoms with Crippen molar-refractivity contribution in [2.24, 2.45) is 0 Å². The van der Waals surface area contributed by atoms with E-state index in [1.165, 1.54) is 12.1 Å². The van der Waals surface area contributed by atoms with E-state index in [-0.39, 0.29) is 24.8 Å². The molecule has 1 aromatic rings. The zero-order valence-corrected chi connectivity index (χ0v) is 12.4. The summed E-state index contributed by atoms with van der Waals surface area (Å²) in [5.41, 5.74) is 0.301. The van der Waals surface area contributed by atoms with Crippen molar-refractivity contribution in [3.8, 4) is 17.2 Å². The summed E-state index contributed by atoms with van der Waals surface area (Å²) in [6, 6.07) is 2.10. The van der Waals surface area contributed by atoms with E-state index in [1.807, 2.05) is 4.90 Å². The second-order valence-corrected chi connectivity index (χ2v) is 4.33. The number of halogens is 3. The van der Waals surface area contributed by atoms with Crippen molar-refractivity contribution in [2.45, 2.75) is 6.04 Å². The van der Waals surface area contributed by atoms with Crippen molar-refractivity contribution in [2.75, 3.05) is 32.9 Å². The number of hydrogen-bond donors (Lipinski definition) is 4. The highest BCUT2D eigenvalue weighted by Crippen LogP contribution is 2.41. The molecule has 0 bridgehead atoms. The van der Waals surface area contributed by atoms with Gasteiger partial charge in [-0.2, -0.15) is 0 Å². The highest BCUT2D eigenvalue weighted by Gasteiger charge is 2.26. The maximum Gasteiger partial charge on any atom is 0.200 e. The van der Waals surface area contributed by atoms with Crippen molar-refractivity contribution >= 4 is 24.8 Å². The smallest absolute Gasteiger partial charge is 0.200 e. The lowest BCUT2D eigenvalue weighted by Crippen LogP contribution is -2.45. The van der Waals surface area contributed by atoms with E-state index < -0.39 is 30.0 Å². The molecule has 1 aliphatic heterocycles. The monoisotopic (exact) mass is 328 g/mol. The fourth-order valence-corrected chi connectivity index (χ4v) is 2.22. The minimum Gasteiger partial charge on any atom is -0.504 e. The molecule has 1 fully saturated rings. The molecule has 0 aromatic heterocycles. The minimum atomic E-state index is -0.655. The van der Waals surface area contributed by atoms with Gasteiger partial charge in [-0.25, -0.2) is 4.39 Å². The molecular formula is C12H19Cl2FN2O3. The van der Waals surface area contributed by atoms with Crippen LogP contribution in [0.2, 0.25) is 0 Å². The lowest BCUT2D eigenvalue weighted by molar-refractivity contribution is 0.144. The maximum absolute atomic E-state index is 13.2. The van der Waals surface area contributed by atoms with Crippen LogP contribution in [0.3, 0.4) is 0 Å². The number of phenols is 3. The first-order valence-corrected chi connectivity index (χ1v) is 5.89. The molecule has 116 valence electrons. The van der Waals surface area contributed by atoms with Crippen molar-refractivity contribution in [3.63, 3.8) is 0 Å². The summed E-state index contributed by atoms with van der Waals surface area (Å²) < 4.78 is 13.2. The van der Waals surface area contributed by atoms with Gasteiger partial charge in [0.05, 0.1) is 6.04 Å². The highest BCUT2D eigenvalue weighted by atomic mass is 35.5. The Labute approximate surface area is 129 Å². The number of rotatable bonds is 3. The molecule has 1 aliphatic rings. The van der Waals surface area contributed by atoms with Crippen molar-refractivity contribution in [1.82, 2.24) is 10.2 Å². The Kier molecular flexibility index (Phi) is 7.96. The van der Waals surface area contributed by atoms with Gasteiger partial charge < -0.3 is 20.6 Å². The number of benzene rings is 1. The Morgan fingerprint density at radius 3 is 2.25 bits per heavy atom. The van der Waals surface area contributed by atoms with Gasteiger partial charge in [0.2, 0.25) is 5.75 Å². The summed E-state index contributed by atoms with van der Waals surface area (Å²) >= 11 is 0. The first kappa shape index (κ1) is 19.1. The molecule has 0 spiro atoms. The van der Waals surface area contributed by atoms with E-state index in [2.05, 4.69) is 5.32 Å². The summed E-state index contributed by atoms with van der Waals surface area (Å²) in [6.07, 6.45) is 0. The molecule has 2 rings (SSSR count). The fraction of sp³-hybridized carbons (Fsp3) is 0.500. The molecule has 0 amide bonds. The van der Waals surface area contributed by atoms with Crippen molar-refractivity contribution in [1.29, 1.82) is 0 Å². The number of aromatic hydroxyl groups is 3. The predicted octanol–water partition coefficient (Wildman–Crippen LogP) is 1.56. The minimum absolute atomic E-state index is 0. The summed E-state index contributed by atoms with van der Waals surface area (Å²) in [7, 11) is 0. The number of phenolic OH excluding ortho intramolecular Hbond substituents is 3. The molecule has 0 saturated carbocycles. The van der Waals surface area contributed by atoms with Gasteiger partial charge in [-0.3, -0.25) is 4.90 Å². The molecule has 1 saturated heterocycles. The van der Waals surface area contributed by atoms with Crippen LogP contribution in [0.5, 0.6) is 17.2 Å². The van der Waals surface area contributed by atoms with Crippen LogP contribution in [0, 0.1) is 0 Å². The zero-order valence-electron chi connectivity index (χ0n) is 10.8. The van der Waals surface area contributed by atoms with Crippen LogP contribution in [-0.4, -0.2) is 53.1 Å². The number of nitrogens with one attached hydrogen (secondary N) is 1. The SMILES string of the molecule is Cl.Cl.Oc1ccc([C@H](CF)N2CCNCC2)c(O)c1O. The van der Waals surface area contributed by atoms with Gasteiger partial charge in [-0.1, -0.05) is 0 Å². The first-order chi connectivity index (χ1) is 8.65. The summed E-state index contributed by atoms with van der Waals surface area (Å²) in [5.74, 6) is -1.45. The molecule has 0 unspecified atom stereocenters. The predicted molar refractivity (Wildman–Crippen MR) is 79.1 cm³/mol. The Hall–Kier alpha value is -0.950. The van der Waals surface area contributed by atoms with Crippen LogP contribution in [-0.2, 0) is 0 Å². The summed E-state index contributed by atoms with van der Waals surface area (Å²) in [4.78, 5) is 1.90. The molecule has 4 N–H and O–H groups in total. The van der Waals surface area contributed by atoms with E-state index in [0.29, 0.717) is 18.7 Å². The summed E-state index contributed by atoms with van der Waals surface area (Å²) in [6.45, 7) is 2.23. The van der Waals surface area contributed by atoms with Crippen molar-refractivity contribution in [3.05, 3.63) is 17.7 Å². The van der Waals surface area contributed by atoms with Crippen molar-refractivity contribution < 1.29 is 19.7 Å². The quantitative estimate of drug-likeness (QED) is 0.634. The Morgan fingerprint density at radius 2 is 1.70 bits per heavy atom. The van der Waals surface area contributed by atoms with Gasteiger partial charge in [0.1, 0.15) is 6.67 Å². The van der Waals surface area contributed by atoms with Crippen LogP contribution in [0.15, 0.2) is 12.1 Å². The van der Waals surface area contributed by atoms with Gasteiger partial charge in [0.25, 0.3) is 0 Å². The second kappa shape index (κ2) is 8.36. The van der Waals surface area contributed by atoms with E-state index >= 15 is 0 Å². The average molecular weight is 329 g/mol. The van der Waals surface area contributed by atoms with Gasteiger partial charge in [-0.05, 0) is 12.1 Å². The Bertz CT molecular complexity index is 431. The molecule has 8 heteroatoms. The number of hydrogen-bond acceptors (Lipinski definition) is 5. The Morgan fingerprint density at radius 1 is 1.10 bits per heavy atom. The molecule has 5 nitrogen and oxygen atoms in total. The van der Waals surface area contributed by atoms with E-state index in [0.717, 1.165) is 13.1 Å². The fourth-order valence-electron chi connectivity index (χ4n) is 2.22. The number of piperazine rings is 1. The van der Waals surface area contributed by atoms with Crippen LogP contribution < -0.4 is 5.32 Å². The van der Waals surface area contributed by atoms with Gasteiger partial charge in [-0.15, -0.1) is 24.8 Å². The van der Waals surface area contributed by atoms with E-state index in [1.54, 1.807) is 0 Å². The van der Waals surface area contributed by atoms with E-state index in [9.17, 15) is 19.7 Å². The lowest BCUT2D eigenvalue weighted by Gasteiger charge is -2.33. The maximum atomic E-state index is 13.2. The zero-order chi connectivity index (χ0) is 13.1. The van der Waals surface area contributed by atoms with Crippen LogP contribution in [0.25, 0.3) is 0 Å². The standard InChI is InChI=1S/C12H17FN2O3.2ClH/c13-7-9(15-5-3-14-4-6-15)8-1-2-10(16)12(18)11(8)17;;/h1-2,9,14,16-18H,3-7H2;2*1H/t9-;;/m0../s1. The molecule has 1 aromatic carbocycles. The van der Waals surface area contributed by atoms with Crippen LogP contribution in [0.1, 0.15) is 11.6 Å². The van der Waals surface area contributed by atoms with Gasteiger partial charge in [0, 0.05) is 31.7 Å². The highest BCUT2D eigenvalue weighted by molar-refractivity contribution is 5.85. The third kappa shape index (κ3) is 3.79. The largest absolute Gasteiger partial charge is 0.504 e. The second-order valence-electron chi connectivity index (χ2n) is 4.33. The Balaban J connectivity index is 0.00000180. The number of nitrogens with zero attached hydrogens (tertiary/aromatic N) is 1. The third-order valence-electron chi connectivity index (χ3n) is 3.26. The normalized spacial score (nSPS) is 16.9. The summed E-state index contributed by atoms with van der Waals surface area (Å²) in [5, 5.41) is 31.7. The molecule has 20 heavy (non-hydrogen) atoms. The lowest BCUT2D eigenvalue weighted by atomic mass is 10.0.